The van der Waals surface area contributed by atoms with E-state index in [2.05, 4.69) is 32.7 Å². The minimum absolute atomic E-state index is 0.0531. The van der Waals surface area contributed by atoms with Gasteiger partial charge in [0.1, 0.15) is 0 Å². The zero-order valence-corrected chi connectivity index (χ0v) is 13.0. The molecule has 6 heteroatoms. The third kappa shape index (κ3) is 6.42. The topological polar surface area (TPSA) is 75.7 Å². The molecule has 0 radical (unpaired) electrons. The number of carbonyl (C=O) groups excluding carboxylic acids is 3. The van der Waals surface area contributed by atoms with Crippen LogP contribution in [0.4, 0.5) is 0 Å². The zero-order chi connectivity index (χ0) is 16.0. The van der Waals surface area contributed by atoms with Crippen LogP contribution in [0.1, 0.15) is 52.9 Å². The number of hydrogen-bond donors (Lipinski definition) is 1. The molecule has 1 aliphatic rings. The Labute approximate surface area is 125 Å². The average Bonchev–Trinajstić information content (AvgIpc) is 2.66. The minimum atomic E-state index is -0.600. The summed E-state index contributed by atoms with van der Waals surface area (Å²) < 4.78 is 0. The van der Waals surface area contributed by atoms with Gasteiger partial charge in [0, 0.05) is 19.4 Å². The molecule has 0 unspecified atom stereocenters. The maximum Gasteiger partial charge on any atom is 0.333 e. The van der Waals surface area contributed by atoms with Crippen LogP contribution in [0.5, 0.6) is 0 Å². The second-order valence-corrected chi connectivity index (χ2v) is 6.38. The summed E-state index contributed by atoms with van der Waals surface area (Å²) in [6.45, 7) is 10.5. The van der Waals surface area contributed by atoms with Gasteiger partial charge in [0.2, 0.25) is 5.91 Å². The lowest BCUT2D eigenvalue weighted by Gasteiger charge is -2.18. The molecule has 0 bridgehead atoms. The highest BCUT2D eigenvalue weighted by Gasteiger charge is 2.28. The van der Waals surface area contributed by atoms with Gasteiger partial charge in [0.15, 0.2) is 0 Å². The van der Waals surface area contributed by atoms with E-state index in [1.165, 1.54) is 0 Å². The van der Waals surface area contributed by atoms with Crippen LogP contribution in [0.15, 0.2) is 12.3 Å². The number of nitrogens with zero attached hydrogens (tertiary/aromatic N) is 1. The fourth-order valence-electron chi connectivity index (χ4n) is 1.77. The van der Waals surface area contributed by atoms with Gasteiger partial charge in [-0.05, 0) is 18.3 Å². The molecule has 0 spiro atoms. The van der Waals surface area contributed by atoms with E-state index in [0.717, 1.165) is 11.5 Å². The number of allylic oxidation sites excluding steroid dienone is 1. The second kappa shape index (κ2) is 7.24. The van der Waals surface area contributed by atoms with Crippen LogP contribution in [-0.4, -0.2) is 29.4 Å². The Balaban J connectivity index is 2.22. The van der Waals surface area contributed by atoms with Crippen LogP contribution in [0.3, 0.4) is 0 Å². The van der Waals surface area contributed by atoms with E-state index in [1.54, 1.807) is 0 Å². The summed E-state index contributed by atoms with van der Waals surface area (Å²) in [5.41, 5.74) is 0.630. The molecule has 1 fully saturated rings. The molecule has 118 valence electrons. The molecule has 0 aliphatic carbocycles. The van der Waals surface area contributed by atoms with Crippen molar-refractivity contribution in [3.63, 3.8) is 0 Å². The lowest BCUT2D eigenvalue weighted by Crippen LogP contribution is -2.29. The average molecular weight is 296 g/mol. The first kappa shape index (κ1) is 17.2. The Morgan fingerprint density at radius 1 is 1.29 bits per heavy atom. The molecule has 2 amide bonds. The van der Waals surface area contributed by atoms with E-state index in [9.17, 15) is 14.4 Å². The summed E-state index contributed by atoms with van der Waals surface area (Å²) in [7, 11) is 0. The van der Waals surface area contributed by atoms with E-state index < -0.39 is 5.97 Å². The predicted molar refractivity (Wildman–Crippen MR) is 77.6 cm³/mol. The number of hydrogen-bond acceptors (Lipinski definition) is 4. The first-order valence-electron chi connectivity index (χ1n) is 7.17. The van der Waals surface area contributed by atoms with Crippen molar-refractivity contribution in [3.05, 3.63) is 12.3 Å². The number of rotatable bonds is 6. The Kier molecular flexibility index (Phi) is 5.93. The van der Waals surface area contributed by atoms with Crippen molar-refractivity contribution in [2.24, 2.45) is 5.41 Å². The van der Waals surface area contributed by atoms with Gasteiger partial charge in [-0.15, -0.1) is 5.06 Å². The Bertz CT molecular complexity index is 421. The largest absolute Gasteiger partial charge is 0.356 e. The molecule has 0 aromatic carbocycles. The predicted octanol–water partition coefficient (Wildman–Crippen LogP) is 1.91. The first-order chi connectivity index (χ1) is 9.69. The highest BCUT2D eigenvalue weighted by atomic mass is 16.7. The molecule has 0 saturated carbocycles. The number of amides is 2. The lowest BCUT2D eigenvalue weighted by atomic mass is 9.92. The molecule has 1 heterocycles. The van der Waals surface area contributed by atoms with E-state index in [-0.39, 0.29) is 30.1 Å². The number of nitrogens with one attached hydrogen (secondary N) is 1. The molecule has 1 aliphatic heterocycles. The van der Waals surface area contributed by atoms with Crippen molar-refractivity contribution in [2.75, 3.05) is 6.54 Å². The van der Waals surface area contributed by atoms with E-state index in [4.69, 9.17) is 4.84 Å². The van der Waals surface area contributed by atoms with Crippen molar-refractivity contribution < 1.29 is 19.2 Å². The van der Waals surface area contributed by atoms with Gasteiger partial charge in [-0.1, -0.05) is 27.4 Å². The fraction of sp³-hybridized carbons (Fsp3) is 0.667. The smallest absolute Gasteiger partial charge is 0.333 e. The highest BCUT2D eigenvalue weighted by Crippen LogP contribution is 2.21. The highest BCUT2D eigenvalue weighted by molar-refractivity contribution is 5.84. The van der Waals surface area contributed by atoms with E-state index >= 15 is 0 Å². The quantitative estimate of drug-likeness (QED) is 0.812. The van der Waals surface area contributed by atoms with Gasteiger partial charge in [-0.3, -0.25) is 9.59 Å². The SMILES string of the molecule is C=C1CCC(=O)N1OC(=O)CCC(=O)NCCC(C)(C)C. The molecule has 1 saturated heterocycles. The Morgan fingerprint density at radius 2 is 1.95 bits per heavy atom. The van der Waals surface area contributed by atoms with Crippen molar-refractivity contribution >= 4 is 17.8 Å². The molecular formula is C15H24N2O4. The molecule has 0 atom stereocenters. The zero-order valence-electron chi connectivity index (χ0n) is 13.0. The van der Waals surface area contributed by atoms with Crippen molar-refractivity contribution in [1.29, 1.82) is 0 Å². The summed E-state index contributed by atoms with van der Waals surface area (Å²) in [6.07, 6.45) is 1.67. The van der Waals surface area contributed by atoms with Crippen molar-refractivity contribution in [1.82, 2.24) is 10.4 Å². The summed E-state index contributed by atoms with van der Waals surface area (Å²) in [5.74, 6) is -1.07. The molecule has 21 heavy (non-hydrogen) atoms. The molecule has 0 aromatic rings. The summed E-state index contributed by atoms with van der Waals surface area (Å²) >= 11 is 0. The minimum Gasteiger partial charge on any atom is -0.356 e. The van der Waals surface area contributed by atoms with Crippen LogP contribution in [0.25, 0.3) is 0 Å². The van der Waals surface area contributed by atoms with Gasteiger partial charge in [-0.2, -0.15) is 0 Å². The van der Waals surface area contributed by atoms with Crippen molar-refractivity contribution in [3.8, 4) is 0 Å². The third-order valence-electron chi connectivity index (χ3n) is 3.09. The first-order valence-corrected chi connectivity index (χ1v) is 7.17. The number of carbonyl (C=O) groups is 3. The lowest BCUT2D eigenvalue weighted by molar-refractivity contribution is -0.186. The Hall–Kier alpha value is -1.85. The van der Waals surface area contributed by atoms with Gasteiger partial charge in [-0.25, -0.2) is 4.79 Å². The van der Waals surface area contributed by atoms with Crippen LogP contribution < -0.4 is 5.32 Å². The molecule has 1 N–H and O–H groups in total. The summed E-state index contributed by atoms with van der Waals surface area (Å²) in [6, 6.07) is 0. The van der Waals surface area contributed by atoms with Crippen LogP contribution in [0, 0.1) is 5.41 Å². The van der Waals surface area contributed by atoms with Gasteiger partial charge >= 0.3 is 5.97 Å². The van der Waals surface area contributed by atoms with Crippen LogP contribution >= 0.6 is 0 Å². The fourth-order valence-corrected chi connectivity index (χ4v) is 1.77. The maximum absolute atomic E-state index is 11.6. The van der Waals surface area contributed by atoms with Gasteiger partial charge in [0.05, 0.1) is 12.1 Å². The van der Waals surface area contributed by atoms with Gasteiger partial charge < -0.3 is 10.2 Å². The summed E-state index contributed by atoms with van der Waals surface area (Å²) in [5, 5.41) is 3.69. The van der Waals surface area contributed by atoms with Crippen molar-refractivity contribution in [2.45, 2.75) is 52.9 Å². The van der Waals surface area contributed by atoms with Crippen LogP contribution in [-0.2, 0) is 19.2 Å². The van der Waals surface area contributed by atoms with E-state index in [0.29, 0.717) is 25.1 Å². The Morgan fingerprint density at radius 3 is 2.48 bits per heavy atom. The maximum atomic E-state index is 11.6. The summed E-state index contributed by atoms with van der Waals surface area (Å²) in [4.78, 5) is 39.5. The molecule has 6 nitrogen and oxygen atoms in total. The normalized spacial score (nSPS) is 15.3. The molecule has 1 rings (SSSR count). The molecular weight excluding hydrogens is 272 g/mol. The van der Waals surface area contributed by atoms with Gasteiger partial charge in [0.25, 0.3) is 5.91 Å². The standard InChI is InChI=1S/C15H24N2O4/c1-11-5-7-13(19)17(11)21-14(20)8-6-12(18)16-10-9-15(2,3)4/h1,5-10H2,2-4H3,(H,16,18). The third-order valence-corrected chi connectivity index (χ3v) is 3.09. The second-order valence-electron chi connectivity index (χ2n) is 6.38. The van der Waals surface area contributed by atoms with Crippen LogP contribution in [0.2, 0.25) is 0 Å². The monoisotopic (exact) mass is 296 g/mol. The molecule has 0 aromatic heterocycles. The van der Waals surface area contributed by atoms with E-state index in [1.807, 2.05) is 0 Å². The number of hydroxylamine groups is 2.